The third-order valence-corrected chi connectivity index (χ3v) is 5.65. The average molecular weight is 510 g/mol. The van der Waals surface area contributed by atoms with Gasteiger partial charge in [-0.3, -0.25) is 9.59 Å². The highest BCUT2D eigenvalue weighted by atomic mass is 32.1. The molecule has 1 aromatic rings. The van der Waals surface area contributed by atoms with E-state index in [9.17, 15) is 19.5 Å². The van der Waals surface area contributed by atoms with Crippen LogP contribution in [0, 0.1) is 6.92 Å². The van der Waals surface area contributed by atoms with Gasteiger partial charge in [0.15, 0.2) is 0 Å². The molecule has 3 atom stereocenters. The van der Waals surface area contributed by atoms with Crippen molar-refractivity contribution in [1.29, 1.82) is 0 Å². The SMILES string of the molecule is CCCC(C)NC(=O)C(c1ccc(O)c(C)c1)N(C(=O)C(CS)NC(=O)OC(C)(C)C)C(C)(C)C. The maximum absolute atomic E-state index is 13.9. The zero-order valence-corrected chi connectivity index (χ0v) is 23.5. The second-order valence-electron chi connectivity index (χ2n) is 10.9. The predicted molar refractivity (Wildman–Crippen MR) is 142 cm³/mol. The monoisotopic (exact) mass is 509 g/mol. The Bertz CT molecular complexity index is 892. The molecule has 0 saturated heterocycles. The molecule has 0 bridgehead atoms. The van der Waals surface area contributed by atoms with Crippen molar-refractivity contribution in [3.8, 4) is 5.75 Å². The third-order valence-electron chi connectivity index (χ3n) is 5.29. The molecule has 0 aliphatic rings. The van der Waals surface area contributed by atoms with E-state index in [2.05, 4.69) is 23.3 Å². The van der Waals surface area contributed by atoms with E-state index in [0.717, 1.165) is 12.8 Å². The number of nitrogens with zero attached hydrogens (tertiary/aromatic N) is 1. The molecule has 9 heteroatoms. The number of carbonyl (C=O) groups is 3. The number of phenols is 1. The van der Waals surface area contributed by atoms with Gasteiger partial charge in [-0.1, -0.05) is 19.4 Å². The van der Waals surface area contributed by atoms with Crippen molar-refractivity contribution in [2.45, 2.75) is 104 Å². The molecule has 198 valence electrons. The molecule has 8 nitrogen and oxygen atoms in total. The summed E-state index contributed by atoms with van der Waals surface area (Å²) in [6, 6.07) is 2.75. The Balaban J connectivity index is 3.52. The van der Waals surface area contributed by atoms with Crippen LogP contribution < -0.4 is 10.6 Å². The van der Waals surface area contributed by atoms with Gasteiger partial charge in [0.25, 0.3) is 0 Å². The number of nitrogens with one attached hydrogen (secondary N) is 2. The van der Waals surface area contributed by atoms with E-state index in [4.69, 9.17) is 4.74 Å². The number of hydrogen-bond donors (Lipinski definition) is 4. The fraction of sp³-hybridized carbons (Fsp3) is 0.654. The molecule has 1 aromatic carbocycles. The number of alkyl carbamates (subject to hydrolysis) is 1. The first kappa shape index (κ1) is 30.6. The molecule has 0 radical (unpaired) electrons. The van der Waals surface area contributed by atoms with E-state index in [1.165, 1.54) is 11.0 Å². The highest BCUT2D eigenvalue weighted by Crippen LogP contribution is 2.32. The van der Waals surface area contributed by atoms with Crippen molar-refractivity contribution in [3.63, 3.8) is 0 Å². The van der Waals surface area contributed by atoms with Gasteiger partial charge in [0.2, 0.25) is 11.8 Å². The van der Waals surface area contributed by atoms with Gasteiger partial charge >= 0.3 is 6.09 Å². The topological polar surface area (TPSA) is 108 Å². The van der Waals surface area contributed by atoms with Crippen molar-refractivity contribution < 1.29 is 24.2 Å². The van der Waals surface area contributed by atoms with Gasteiger partial charge in [-0.15, -0.1) is 0 Å². The Morgan fingerprint density at radius 3 is 2.17 bits per heavy atom. The molecule has 0 saturated carbocycles. The van der Waals surface area contributed by atoms with Crippen LogP contribution in [-0.2, 0) is 14.3 Å². The van der Waals surface area contributed by atoms with E-state index in [-0.39, 0.29) is 23.5 Å². The van der Waals surface area contributed by atoms with E-state index in [0.29, 0.717) is 11.1 Å². The molecule has 0 fully saturated rings. The first-order valence-corrected chi connectivity index (χ1v) is 12.7. The first-order chi connectivity index (χ1) is 16.0. The maximum Gasteiger partial charge on any atom is 0.408 e. The molecule has 0 aliphatic carbocycles. The van der Waals surface area contributed by atoms with Gasteiger partial charge in [0, 0.05) is 17.3 Å². The quantitative estimate of drug-likeness (QED) is 0.367. The molecule has 3 amide bonds. The first-order valence-electron chi connectivity index (χ1n) is 12.0. The highest BCUT2D eigenvalue weighted by Gasteiger charge is 2.42. The highest BCUT2D eigenvalue weighted by molar-refractivity contribution is 7.80. The smallest absolute Gasteiger partial charge is 0.408 e. The maximum atomic E-state index is 13.9. The van der Waals surface area contributed by atoms with Gasteiger partial charge in [0.1, 0.15) is 23.4 Å². The molecule has 35 heavy (non-hydrogen) atoms. The fourth-order valence-electron chi connectivity index (χ4n) is 3.74. The summed E-state index contributed by atoms with van der Waals surface area (Å²) in [7, 11) is 0. The van der Waals surface area contributed by atoms with Crippen LogP contribution >= 0.6 is 12.6 Å². The van der Waals surface area contributed by atoms with Crippen molar-refractivity contribution >= 4 is 30.5 Å². The summed E-state index contributed by atoms with van der Waals surface area (Å²) in [5.74, 6) is -0.692. The predicted octanol–water partition coefficient (Wildman–Crippen LogP) is 4.50. The van der Waals surface area contributed by atoms with E-state index >= 15 is 0 Å². The summed E-state index contributed by atoms with van der Waals surface area (Å²) < 4.78 is 5.32. The minimum atomic E-state index is -1.02. The number of benzene rings is 1. The zero-order chi connectivity index (χ0) is 27.1. The van der Waals surface area contributed by atoms with Gasteiger partial charge in [-0.2, -0.15) is 12.6 Å². The summed E-state index contributed by atoms with van der Waals surface area (Å²) >= 11 is 4.30. The number of ether oxygens (including phenoxy) is 1. The van der Waals surface area contributed by atoms with Crippen molar-refractivity contribution in [1.82, 2.24) is 15.5 Å². The number of phenolic OH excluding ortho intramolecular Hbond substituents is 1. The third kappa shape index (κ3) is 9.28. The molecule has 1 rings (SSSR count). The van der Waals surface area contributed by atoms with Crippen LogP contribution in [0.3, 0.4) is 0 Å². The lowest BCUT2D eigenvalue weighted by Gasteiger charge is -2.43. The Labute approximate surface area is 215 Å². The Kier molecular flexibility index (Phi) is 10.9. The number of hydrogen-bond acceptors (Lipinski definition) is 6. The summed E-state index contributed by atoms with van der Waals surface area (Å²) in [4.78, 5) is 41.4. The molecule has 0 aliphatic heterocycles. The van der Waals surface area contributed by atoms with Crippen LogP contribution in [0.25, 0.3) is 0 Å². The van der Waals surface area contributed by atoms with Gasteiger partial charge in [0.05, 0.1) is 0 Å². The second-order valence-corrected chi connectivity index (χ2v) is 11.3. The average Bonchev–Trinajstić information content (AvgIpc) is 2.69. The molecule has 3 unspecified atom stereocenters. The van der Waals surface area contributed by atoms with Gasteiger partial charge in [-0.05, 0) is 85.1 Å². The number of aromatic hydroxyl groups is 1. The number of carbonyl (C=O) groups excluding carboxylic acids is 3. The lowest BCUT2D eigenvalue weighted by Crippen LogP contribution is -2.59. The molecule has 0 aromatic heterocycles. The van der Waals surface area contributed by atoms with Crippen LogP contribution in [0.5, 0.6) is 5.75 Å². The van der Waals surface area contributed by atoms with E-state index in [1.807, 2.05) is 34.6 Å². The fourth-order valence-corrected chi connectivity index (χ4v) is 3.99. The minimum absolute atomic E-state index is 0.0137. The lowest BCUT2D eigenvalue weighted by atomic mass is 9.94. The zero-order valence-electron chi connectivity index (χ0n) is 22.6. The normalized spacial score (nSPS) is 14.5. The number of aryl methyl sites for hydroxylation is 1. The van der Waals surface area contributed by atoms with Crippen LogP contribution in [0.2, 0.25) is 0 Å². The summed E-state index contributed by atoms with van der Waals surface area (Å²) in [5, 5.41) is 15.7. The largest absolute Gasteiger partial charge is 0.508 e. The van der Waals surface area contributed by atoms with Crippen molar-refractivity contribution in [2.75, 3.05) is 5.75 Å². The molecular formula is C26H43N3O5S. The van der Waals surface area contributed by atoms with Crippen LogP contribution in [0.15, 0.2) is 18.2 Å². The summed E-state index contributed by atoms with van der Waals surface area (Å²) in [6.45, 7) is 16.4. The Hall–Kier alpha value is -2.42. The number of thiol groups is 1. The standard InChI is InChI=1S/C26H43N3O5S/c1-10-11-17(3)27-22(31)21(18-12-13-20(30)16(2)14-18)29(25(4,5)6)23(32)19(15-35)28-24(33)34-26(7,8)9/h12-14,17,19,21,30,35H,10-11,15H2,1-9H3,(H,27,31)(H,28,33). The number of amides is 3. The van der Waals surface area contributed by atoms with Crippen molar-refractivity contribution in [3.05, 3.63) is 29.3 Å². The van der Waals surface area contributed by atoms with Crippen LogP contribution in [0.1, 0.15) is 85.4 Å². The molecule has 0 spiro atoms. The summed E-state index contributed by atoms with van der Waals surface area (Å²) in [6.07, 6.45) is 0.945. The minimum Gasteiger partial charge on any atom is -0.508 e. The molecule has 0 heterocycles. The lowest BCUT2D eigenvalue weighted by molar-refractivity contribution is -0.148. The molecular weight excluding hydrogens is 466 g/mol. The van der Waals surface area contributed by atoms with Gasteiger partial charge in [-0.25, -0.2) is 4.79 Å². The second kappa shape index (κ2) is 12.5. The van der Waals surface area contributed by atoms with Crippen LogP contribution in [-0.4, -0.2) is 56.9 Å². The number of rotatable bonds is 9. The Morgan fingerprint density at radius 2 is 1.71 bits per heavy atom. The Morgan fingerprint density at radius 1 is 1.11 bits per heavy atom. The summed E-state index contributed by atoms with van der Waals surface area (Å²) in [5.41, 5.74) is -0.393. The van der Waals surface area contributed by atoms with E-state index < -0.39 is 35.2 Å². The van der Waals surface area contributed by atoms with Crippen LogP contribution in [0.4, 0.5) is 4.79 Å². The molecule has 3 N–H and O–H groups in total. The van der Waals surface area contributed by atoms with Crippen molar-refractivity contribution in [2.24, 2.45) is 0 Å². The van der Waals surface area contributed by atoms with E-state index in [1.54, 1.807) is 39.8 Å². The van der Waals surface area contributed by atoms with Gasteiger partial charge < -0.3 is 25.4 Å².